The molecule has 0 saturated carbocycles. The van der Waals surface area contributed by atoms with Crippen LogP contribution in [0.5, 0.6) is 0 Å². The highest BCUT2D eigenvalue weighted by Gasteiger charge is 2.31. The van der Waals surface area contributed by atoms with E-state index in [2.05, 4.69) is 10.1 Å². The van der Waals surface area contributed by atoms with Crippen LogP contribution in [0.3, 0.4) is 0 Å². The van der Waals surface area contributed by atoms with Crippen LogP contribution >= 0.6 is 0 Å². The van der Waals surface area contributed by atoms with Crippen molar-refractivity contribution in [3.63, 3.8) is 0 Å². The Hall–Kier alpha value is -3.33. The van der Waals surface area contributed by atoms with Gasteiger partial charge in [0.25, 0.3) is 11.6 Å². The van der Waals surface area contributed by atoms with Crippen molar-refractivity contribution in [2.75, 3.05) is 19.7 Å². The van der Waals surface area contributed by atoms with E-state index in [1.54, 1.807) is 25.1 Å². The zero-order valence-electron chi connectivity index (χ0n) is 14.9. The lowest BCUT2D eigenvalue weighted by Gasteiger charge is -2.31. The molecule has 0 aliphatic carbocycles. The van der Waals surface area contributed by atoms with Gasteiger partial charge in [-0.2, -0.15) is 0 Å². The van der Waals surface area contributed by atoms with Crippen LogP contribution in [0, 0.1) is 12.7 Å². The number of rotatable bonds is 3. The molecule has 0 unspecified atom stereocenters. The number of aliphatic carboxylic acids is 1. The Morgan fingerprint density at radius 3 is 2.75 bits per heavy atom. The van der Waals surface area contributed by atoms with Gasteiger partial charge in [0.1, 0.15) is 5.82 Å². The lowest BCUT2D eigenvalue weighted by atomic mass is 10.0. The summed E-state index contributed by atoms with van der Waals surface area (Å²) in [5, 5.41) is 13.5. The summed E-state index contributed by atoms with van der Waals surface area (Å²) in [5.41, 5.74) is 2.02. The van der Waals surface area contributed by atoms with Crippen molar-refractivity contribution in [3.8, 4) is 11.3 Å². The topological polar surface area (TPSA) is 106 Å². The van der Waals surface area contributed by atoms with Crippen molar-refractivity contribution in [1.29, 1.82) is 0 Å². The van der Waals surface area contributed by atoms with Crippen LogP contribution in [0.15, 0.2) is 34.9 Å². The smallest absolute Gasteiger partial charge is 0.334 e. The maximum Gasteiger partial charge on any atom is 0.334 e. The molecule has 3 heterocycles. The molecule has 4 rings (SSSR count). The second-order valence-electron chi connectivity index (χ2n) is 6.46. The highest BCUT2D eigenvalue weighted by molar-refractivity contribution is 6.07. The van der Waals surface area contributed by atoms with Crippen LogP contribution in [-0.2, 0) is 9.53 Å². The number of hydrogen-bond donors (Lipinski definition) is 1. The van der Waals surface area contributed by atoms with E-state index in [0.717, 1.165) is 0 Å². The van der Waals surface area contributed by atoms with Gasteiger partial charge < -0.3 is 19.3 Å². The average molecular weight is 385 g/mol. The van der Waals surface area contributed by atoms with Gasteiger partial charge in [-0.1, -0.05) is 5.16 Å². The lowest BCUT2D eigenvalue weighted by molar-refractivity contribution is -0.154. The molecular weight excluding hydrogens is 369 g/mol. The number of nitrogens with zero attached hydrogens (tertiary/aromatic N) is 3. The van der Waals surface area contributed by atoms with Crippen molar-refractivity contribution >= 4 is 23.0 Å². The Kier molecular flexibility index (Phi) is 4.52. The van der Waals surface area contributed by atoms with E-state index in [0.29, 0.717) is 27.9 Å². The van der Waals surface area contributed by atoms with E-state index in [1.807, 2.05) is 0 Å². The van der Waals surface area contributed by atoms with Gasteiger partial charge in [-0.3, -0.25) is 4.79 Å². The van der Waals surface area contributed by atoms with Crippen LogP contribution in [0.25, 0.3) is 22.4 Å². The first-order valence-corrected chi connectivity index (χ1v) is 8.60. The molecule has 1 aliphatic rings. The first-order valence-electron chi connectivity index (χ1n) is 8.60. The predicted molar refractivity (Wildman–Crippen MR) is 95.2 cm³/mol. The number of carboxylic acids is 1. The van der Waals surface area contributed by atoms with E-state index in [-0.39, 0.29) is 37.1 Å². The standard InChI is InChI=1S/C19H16FN3O5/c1-10-16-13(18(24)23-6-7-27-15(9-23)19(25)26)8-14(21-17(16)28-22-10)11-2-4-12(20)5-3-11/h2-5,8,15H,6-7,9H2,1H3,(H,25,26)/t15-/m1/s1. The molecule has 1 aliphatic heterocycles. The van der Waals surface area contributed by atoms with Gasteiger partial charge in [0.05, 0.1) is 35.5 Å². The van der Waals surface area contributed by atoms with Gasteiger partial charge in [-0.25, -0.2) is 14.2 Å². The largest absolute Gasteiger partial charge is 0.479 e. The summed E-state index contributed by atoms with van der Waals surface area (Å²) in [6.07, 6.45) is -1.07. The highest BCUT2D eigenvalue weighted by Crippen LogP contribution is 2.28. The minimum absolute atomic E-state index is 0.0613. The number of benzene rings is 1. The highest BCUT2D eigenvalue weighted by atomic mass is 19.1. The normalized spacial score (nSPS) is 17.1. The minimum Gasteiger partial charge on any atom is -0.479 e. The Bertz CT molecular complexity index is 1060. The third-order valence-electron chi connectivity index (χ3n) is 4.62. The van der Waals surface area contributed by atoms with E-state index in [9.17, 15) is 19.1 Å². The molecule has 1 saturated heterocycles. The maximum atomic E-state index is 13.2. The van der Waals surface area contributed by atoms with Gasteiger partial charge in [0.2, 0.25) is 0 Å². The Balaban J connectivity index is 1.78. The van der Waals surface area contributed by atoms with Crippen molar-refractivity contribution in [2.45, 2.75) is 13.0 Å². The summed E-state index contributed by atoms with van der Waals surface area (Å²) in [5.74, 6) is -1.87. The molecule has 1 N–H and O–H groups in total. The Labute approximate surface area is 158 Å². The number of amides is 1. The van der Waals surface area contributed by atoms with Crippen LogP contribution < -0.4 is 0 Å². The molecule has 9 heteroatoms. The van der Waals surface area contributed by atoms with E-state index in [4.69, 9.17) is 9.26 Å². The van der Waals surface area contributed by atoms with Gasteiger partial charge in [0, 0.05) is 12.1 Å². The number of morpholine rings is 1. The molecule has 0 spiro atoms. The zero-order valence-corrected chi connectivity index (χ0v) is 14.9. The number of aromatic nitrogens is 2. The second kappa shape index (κ2) is 7.01. The van der Waals surface area contributed by atoms with Crippen molar-refractivity contribution in [2.24, 2.45) is 0 Å². The first kappa shape index (κ1) is 18.1. The number of fused-ring (bicyclic) bond motifs is 1. The SMILES string of the molecule is Cc1noc2nc(-c3ccc(F)cc3)cc(C(=O)N3CCO[C@@H](C(=O)O)C3)c12. The Morgan fingerprint density at radius 1 is 1.29 bits per heavy atom. The van der Waals surface area contributed by atoms with E-state index in [1.165, 1.54) is 17.0 Å². The second-order valence-corrected chi connectivity index (χ2v) is 6.46. The maximum absolute atomic E-state index is 13.2. The quantitative estimate of drug-likeness (QED) is 0.737. The summed E-state index contributed by atoms with van der Waals surface area (Å²) in [7, 11) is 0. The first-order chi connectivity index (χ1) is 13.4. The van der Waals surface area contributed by atoms with Crippen LogP contribution in [-0.4, -0.2) is 57.8 Å². The van der Waals surface area contributed by atoms with E-state index < -0.39 is 12.1 Å². The molecule has 144 valence electrons. The molecule has 8 nitrogen and oxygen atoms in total. The van der Waals surface area contributed by atoms with Gasteiger partial charge in [-0.15, -0.1) is 0 Å². The third kappa shape index (κ3) is 3.20. The summed E-state index contributed by atoms with van der Waals surface area (Å²) in [4.78, 5) is 30.2. The predicted octanol–water partition coefficient (Wildman–Crippen LogP) is 2.26. The number of carboxylic acid groups (broad SMARTS) is 1. The fraction of sp³-hybridized carbons (Fsp3) is 0.263. The number of halogens is 1. The number of pyridine rings is 1. The van der Waals surface area contributed by atoms with Crippen molar-refractivity contribution in [3.05, 3.63) is 47.4 Å². The summed E-state index contributed by atoms with van der Waals surface area (Å²) in [6, 6.07) is 7.29. The molecule has 1 aromatic carbocycles. The number of carbonyl (C=O) groups is 2. The lowest BCUT2D eigenvalue weighted by Crippen LogP contribution is -2.48. The van der Waals surface area contributed by atoms with Gasteiger partial charge >= 0.3 is 5.97 Å². The fourth-order valence-electron chi connectivity index (χ4n) is 3.19. The zero-order chi connectivity index (χ0) is 19.8. The molecule has 1 fully saturated rings. The van der Waals surface area contributed by atoms with Crippen LogP contribution in [0.1, 0.15) is 16.1 Å². The molecule has 0 radical (unpaired) electrons. The fourth-order valence-corrected chi connectivity index (χ4v) is 3.19. The molecular formula is C19H16FN3O5. The Morgan fingerprint density at radius 2 is 2.04 bits per heavy atom. The van der Waals surface area contributed by atoms with E-state index >= 15 is 0 Å². The molecule has 0 bridgehead atoms. The third-order valence-corrected chi connectivity index (χ3v) is 4.62. The molecule has 2 aromatic heterocycles. The number of ether oxygens (including phenoxy) is 1. The van der Waals surface area contributed by atoms with Gasteiger partial charge in [0.15, 0.2) is 6.10 Å². The average Bonchev–Trinajstić information content (AvgIpc) is 3.08. The molecule has 1 amide bonds. The number of aryl methyl sites for hydroxylation is 1. The van der Waals surface area contributed by atoms with Crippen molar-refractivity contribution in [1.82, 2.24) is 15.0 Å². The molecule has 3 aromatic rings. The summed E-state index contributed by atoms with van der Waals surface area (Å²) < 4.78 is 23.7. The van der Waals surface area contributed by atoms with Crippen LogP contribution in [0.4, 0.5) is 4.39 Å². The monoisotopic (exact) mass is 385 g/mol. The van der Waals surface area contributed by atoms with Crippen molar-refractivity contribution < 1.29 is 28.3 Å². The van der Waals surface area contributed by atoms with Crippen LogP contribution in [0.2, 0.25) is 0 Å². The molecule has 28 heavy (non-hydrogen) atoms. The minimum atomic E-state index is -1.12. The summed E-state index contributed by atoms with van der Waals surface area (Å²) in [6.45, 7) is 2.03. The van der Waals surface area contributed by atoms with Gasteiger partial charge in [-0.05, 0) is 37.3 Å². The summed E-state index contributed by atoms with van der Waals surface area (Å²) >= 11 is 0. The number of hydrogen-bond acceptors (Lipinski definition) is 6. The molecule has 1 atom stereocenters. The number of carbonyl (C=O) groups excluding carboxylic acids is 1.